The third-order valence-corrected chi connectivity index (χ3v) is 36.7. The average molecular weight is 685 g/mol. The predicted molar refractivity (Wildman–Crippen MR) is 171 cm³/mol. The standard InChI is InChI=1S/C25H22N2O9P2S4/c1-16(28)26-17-4-13-22(23(15-17)36-24(30)3-2-14-34-27(32)33)25(31)35-19-7-11-21(12-8-19)38(40)41-37(39,42-38)20-9-5-18(29)6-10-20/h4-13,15,29H,2-3,14H2,1H3,(H,26,28). The molecule has 1 fully saturated rings. The first-order chi connectivity index (χ1) is 19.9. The van der Waals surface area contributed by atoms with Crippen molar-refractivity contribution in [2.24, 2.45) is 0 Å². The van der Waals surface area contributed by atoms with Gasteiger partial charge in [-0.1, -0.05) is 45.6 Å². The van der Waals surface area contributed by atoms with Crippen molar-refractivity contribution < 1.29 is 38.9 Å². The highest BCUT2D eigenvalue weighted by molar-refractivity contribution is 9.48. The number of nitrogens with one attached hydrogen (secondary N) is 1. The quantitative estimate of drug-likeness (QED) is 0.0652. The molecule has 0 radical (unpaired) electrons. The Labute approximate surface area is 257 Å². The molecule has 1 amide bonds. The maximum Gasteiger partial charge on any atom is 0.347 e. The Hall–Kier alpha value is -2.93. The molecule has 0 saturated carbocycles. The van der Waals surface area contributed by atoms with Crippen molar-refractivity contribution in [3.63, 3.8) is 0 Å². The number of nitrogens with zero attached hydrogens (tertiary/aromatic N) is 1. The first-order valence-corrected chi connectivity index (χ1v) is 21.7. The van der Waals surface area contributed by atoms with E-state index in [9.17, 15) is 29.6 Å². The Balaban J connectivity index is 1.44. The highest BCUT2D eigenvalue weighted by Crippen LogP contribution is 3.04. The second kappa shape index (κ2) is 13.6. The summed E-state index contributed by atoms with van der Waals surface area (Å²) in [5.74, 6) is -1.68. The smallest absolute Gasteiger partial charge is 0.347 e. The number of anilines is 1. The Morgan fingerprint density at radius 3 is 2.12 bits per heavy atom. The van der Waals surface area contributed by atoms with Gasteiger partial charge >= 0.3 is 11.9 Å². The summed E-state index contributed by atoms with van der Waals surface area (Å²) in [6, 6.07) is 17.8. The molecule has 0 atom stereocenters. The lowest BCUT2D eigenvalue weighted by atomic mass is 10.1. The van der Waals surface area contributed by atoms with Crippen molar-refractivity contribution >= 4 is 88.6 Å². The van der Waals surface area contributed by atoms with Crippen molar-refractivity contribution in [2.45, 2.75) is 19.8 Å². The molecular formula is C25H22N2O9P2S4. The minimum Gasteiger partial charge on any atom is -0.508 e. The zero-order valence-corrected chi connectivity index (χ0v) is 26.7. The second-order valence-corrected chi connectivity index (χ2v) is 29.9. The highest BCUT2D eigenvalue weighted by Gasteiger charge is 2.45. The average Bonchev–Trinajstić information content (AvgIpc) is 2.90. The first kappa shape index (κ1) is 32.0. The number of esters is 2. The van der Waals surface area contributed by atoms with Crippen LogP contribution in [0.1, 0.15) is 30.1 Å². The summed E-state index contributed by atoms with van der Waals surface area (Å²) in [6.07, 6.45) is -0.193. The molecule has 1 aliphatic rings. The molecule has 3 aromatic carbocycles. The molecule has 0 aliphatic carbocycles. The Bertz CT molecular complexity index is 1620. The summed E-state index contributed by atoms with van der Waals surface area (Å²) in [5, 5.41) is 23.3. The van der Waals surface area contributed by atoms with Crippen LogP contribution < -0.4 is 25.4 Å². The molecule has 11 nitrogen and oxygen atoms in total. The second-order valence-electron chi connectivity index (χ2n) is 8.58. The molecule has 0 unspecified atom stereocenters. The van der Waals surface area contributed by atoms with E-state index < -0.39 is 25.9 Å². The number of amides is 1. The van der Waals surface area contributed by atoms with Gasteiger partial charge in [-0.3, -0.25) is 9.59 Å². The molecule has 4 rings (SSSR count). The monoisotopic (exact) mass is 684 g/mol. The summed E-state index contributed by atoms with van der Waals surface area (Å²) in [7, 11) is 0. The third kappa shape index (κ3) is 8.12. The molecule has 17 heteroatoms. The van der Waals surface area contributed by atoms with Gasteiger partial charge in [0.15, 0.2) is 0 Å². The number of hydrogen-bond acceptors (Lipinski definition) is 13. The summed E-state index contributed by atoms with van der Waals surface area (Å²) in [6.45, 7) is 1.00. The van der Waals surface area contributed by atoms with Crippen molar-refractivity contribution in [2.75, 3.05) is 11.9 Å². The van der Waals surface area contributed by atoms with E-state index in [-0.39, 0.29) is 53.9 Å². The minimum absolute atomic E-state index is 0.0183. The van der Waals surface area contributed by atoms with Gasteiger partial charge in [-0.05, 0) is 67.1 Å². The van der Waals surface area contributed by atoms with E-state index in [4.69, 9.17) is 33.1 Å². The number of hydrogen-bond donors (Lipinski definition) is 2. The van der Waals surface area contributed by atoms with Crippen LogP contribution in [0.25, 0.3) is 0 Å². The van der Waals surface area contributed by atoms with Crippen LogP contribution in [0, 0.1) is 10.1 Å². The Kier molecular flexibility index (Phi) is 10.3. The molecule has 2 N–H and O–H groups in total. The maximum absolute atomic E-state index is 13.1. The predicted octanol–water partition coefficient (Wildman–Crippen LogP) is 5.51. The largest absolute Gasteiger partial charge is 0.508 e. The summed E-state index contributed by atoms with van der Waals surface area (Å²) in [5.41, 5.74) is 0.209. The number of phenolic OH excluding ortho intramolecular Hbond substituents is 1. The number of carbonyl (C=O) groups excluding carboxylic acids is 3. The van der Waals surface area contributed by atoms with Gasteiger partial charge in [0.2, 0.25) is 5.91 Å². The van der Waals surface area contributed by atoms with Gasteiger partial charge in [-0.25, -0.2) is 4.79 Å². The number of aromatic hydroxyl groups is 1. The zero-order chi connectivity index (χ0) is 30.5. The Morgan fingerprint density at radius 2 is 1.55 bits per heavy atom. The van der Waals surface area contributed by atoms with Gasteiger partial charge in [-0.15, -0.1) is 10.1 Å². The fraction of sp³-hybridized carbons (Fsp3) is 0.160. The van der Waals surface area contributed by atoms with E-state index in [1.54, 1.807) is 58.4 Å². The SMILES string of the molecule is CC(=O)Nc1ccc(C(=O)Oc2ccc(P3(=S)SP(=S)(c4ccc(O)cc4)S3)cc2)c(OC(=O)CCCO[N+](=O)[O-])c1. The van der Waals surface area contributed by atoms with Gasteiger partial charge in [-0.2, -0.15) is 0 Å². The van der Waals surface area contributed by atoms with Gasteiger partial charge in [0.1, 0.15) is 22.8 Å². The fourth-order valence-corrected chi connectivity index (χ4v) is 45.8. The molecule has 1 aliphatic heterocycles. The molecule has 1 heterocycles. The van der Waals surface area contributed by atoms with Gasteiger partial charge in [0, 0.05) is 35.7 Å². The van der Waals surface area contributed by atoms with E-state index >= 15 is 0 Å². The molecule has 0 spiro atoms. The van der Waals surface area contributed by atoms with Gasteiger partial charge in [0.05, 0.1) is 15.5 Å². The van der Waals surface area contributed by atoms with Gasteiger partial charge < -0.3 is 24.7 Å². The third-order valence-electron chi connectivity index (χ3n) is 5.43. The number of ether oxygens (including phenoxy) is 2. The molecule has 1 saturated heterocycles. The first-order valence-electron chi connectivity index (χ1n) is 12.0. The number of rotatable bonds is 11. The summed E-state index contributed by atoms with van der Waals surface area (Å²) >= 11 is 15.1. The summed E-state index contributed by atoms with van der Waals surface area (Å²) < 4.78 is 6.85. The molecule has 42 heavy (non-hydrogen) atoms. The van der Waals surface area contributed by atoms with Crippen molar-refractivity contribution in [3.8, 4) is 17.2 Å². The maximum atomic E-state index is 13.1. The molecule has 0 bridgehead atoms. The highest BCUT2D eigenvalue weighted by atomic mass is 33.7. The Morgan fingerprint density at radius 1 is 0.952 bits per heavy atom. The fourth-order valence-electron chi connectivity index (χ4n) is 3.56. The lowest BCUT2D eigenvalue weighted by Crippen LogP contribution is -2.16. The summed E-state index contributed by atoms with van der Waals surface area (Å²) in [4.78, 5) is 51.3. The van der Waals surface area contributed by atoms with Crippen LogP contribution in [0.15, 0.2) is 66.7 Å². The minimum atomic E-state index is -2.04. The lowest BCUT2D eigenvalue weighted by Gasteiger charge is -2.40. The van der Waals surface area contributed by atoms with E-state index in [0.717, 1.165) is 10.6 Å². The number of carbonyl (C=O) groups is 3. The van der Waals surface area contributed by atoms with Crippen LogP contribution in [-0.2, 0) is 38.0 Å². The van der Waals surface area contributed by atoms with Crippen LogP contribution in [-0.4, -0.2) is 34.6 Å². The molecule has 220 valence electrons. The van der Waals surface area contributed by atoms with Crippen LogP contribution >= 0.6 is 30.9 Å². The number of benzene rings is 3. The van der Waals surface area contributed by atoms with Gasteiger partial charge in [0.25, 0.3) is 5.09 Å². The van der Waals surface area contributed by atoms with E-state index in [2.05, 4.69) is 10.2 Å². The molecule has 0 aromatic heterocycles. The zero-order valence-electron chi connectivity index (χ0n) is 21.7. The van der Waals surface area contributed by atoms with Crippen molar-refractivity contribution in [1.82, 2.24) is 0 Å². The lowest BCUT2D eigenvalue weighted by molar-refractivity contribution is -0.757. The van der Waals surface area contributed by atoms with Crippen LogP contribution in [0.5, 0.6) is 17.2 Å². The van der Waals surface area contributed by atoms with Crippen LogP contribution in [0.4, 0.5) is 5.69 Å². The van der Waals surface area contributed by atoms with Crippen molar-refractivity contribution in [1.29, 1.82) is 0 Å². The topological polar surface area (TPSA) is 154 Å². The van der Waals surface area contributed by atoms with E-state index in [0.29, 0.717) is 0 Å². The van der Waals surface area contributed by atoms with E-state index in [1.165, 1.54) is 25.1 Å². The van der Waals surface area contributed by atoms with Crippen molar-refractivity contribution in [3.05, 3.63) is 82.4 Å². The van der Waals surface area contributed by atoms with E-state index in [1.807, 2.05) is 12.1 Å². The van der Waals surface area contributed by atoms with Crippen LogP contribution in [0.2, 0.25) is 0 Å². The number of phenols is 1. The molecular weight excluding hydrogens is 662 g/mol. The normalized spacial score (nSPS) is 19.2. The van der Waals surface area contributed by atoms with Crippen LogP contribution in [0.3, 0.4) is 0 Å². The molecule has 3 aromatic rings.